The van der Waals surface area contributed by atoms with Crippen LogP contribution in [0.3, 0.4) is 0 Å². The number of methoxy groups -OCH3 is 2. The molecule has 6 heteroatoms. The average Bonchev–Trinajstić information content (AvgIpc) is 2.57. The first-order valence-corrected chi connectivity index (χ1v) is 7.36. The van der Waals surface area contributed by atoms with Crippen LogP contribution in [0.15, 0.2) is 36.4 Å². The molecule has 0 saturated carbocycles. The highest BCUT2D eigenvalue weighted by Gasteiger charge is 2.02. The summed E-state index contributed by atoms with van der Waals surface area (Å²) in [5, 5.41) is 1.13. The molecule has 4 N–H and O–H groups in total. The van der Waals surface area contributed by atoms with Gasteiger partial charge < -0.3 is 20.9 Å². The Balaban J connectivity index is 0.000000224. The second-order valence-electron chi connectivity index (χ2n) is 4.35. The first kappa shape index (κ1) is 18.6. The molecule has 0 aliphatic carbocycles. The van der Waals surface area contributed by atoms with Crippen LogP contribution < -0.4 is 20.9 Å². The normalized spacial score (nSPS) is 9.73. The van der Waals surface area contributed by atoms with E-state index in [-0.39, 0.29) is 0 Å². The Hall–Kier alpha value is -1.46. The van der Waals surface area contributed by atoms with E-state index in [0.717, 1.165) is 22.6 Å². The van der Waals surface area contributed by atoms with E-state index in [1.807, 2.05) is 24.3 Å². The zero-order chi connectivity index (χ0) is 16.5. The molecule has 0 saturated heterocycles. The zero-order valence-corrected chi connectivity index (χ0v) is 14.1. The summed E-state index contributed by atoms with van der Waals surface area (Å²) in [4.78, 5) is 0. The molecular formula is C16H20Cl2N2O2. The van der Waals surface area contributed by atoms with E-state index in [9.17, 15) is 0 Å². The van der Waals surface area contributed by atoms with Crippen LogP contribution in [0.25, 0.3) is 0 Å². The molecule has 0 spiro atoms. The molecule has 2 aromatic carbocycles. The Morgan fingerprint density at radius 3 is 1.82 bits per heavy atom. The van der Waals surface area contributed by atoms with Gasteiger partial charge in [0.25, 0.3) is 0 Å². The third-order valence-corrected chi connectivity index (χ3v) is 3.64. The van der Waals surface area contributed by atoms with E-state index >= 15 is 0 Å². The lowest BCUT2D eigenvalue weighted by atomic mass is 10.2. The summed E-state index contributed by atoms with van der Waals surface area (Å²) in [5.41, 5.74) is 12.9. The minimum atomic E-state index is 0.497. The number of rotatable bonds is 4. The zero-order valence-electron chi connectivity index (χ0n) is 12.6. The number of benzene rings is 2. The van der Waals surface area contributed by atoms with Crippen molar-refractivity contribution in [2.24, 2.45) is 11.5 Å². The standard InChI is InChI=1S/C9H13NO2.C7H7Cl2N/c1-11-8-4-3-7(6-10)5-9(8)12-2;8-6-2-1-5(4-10)3-7(6)9/h3-5H,6,10H2,1-2H3;1-3H,4,10H2. The lowest BCUT2D eigenvalue weighted by Gasteiger charge is -2.07. The predicted octanol–water partition coefficient (Wildman–Crippen LogP) is 3.61. The lowest BCUT2D eigenvalue weighted by Crippen LogP contribution is -1.97. The second-order valence-corrected chi connectivity index (χ2v) is 5.16. The van der Waals surface area contributed by atoms with Crippen molar-refractivity contribution < 1.29 is 9.47 Å². The largest absolute Gasteiger partial charge is 0.493 e. The van der Waals surface area contributed by atoms with E-state index in [1.54, 1.807) is 26.4 Å². The minimum absolute atomic E-state index is 0.497. The van der Waals surface area contributed by atoms with Crippen LogP contribution in [0.5, 0.6) is 11.5 Å². The predicted molar refractivity (Wildman–Crippen MR) is 91.8 cm³/mol. The van der Waals surface area contributed by atoms with Crippen molar-refractivity contribution in [3.63, 3.8) is 0 Å². The number of ether oxygens (including phenoxy) is 2. The molecule has 22 heavy (non-hydrogen) atoms. The van der Waals surface area contributed by atoms with E-state index in [4.69, 9.17) is 44.1 Å². The van der Waals surface area contributed by atoms with Gasteiger partial charge in [-0.3, -0.25) is 0 Å². The van der Waals surface area contributed by atoms with Crippen LogP contribution >= 0.6 is 23.2 Å². The third kappa shape index (κ3) is 5.39. The Morgan fingerprint density at radius 1 is 0.773 bits per heavy atom. The van der Waals surface area contributed by atoms with Gasteiger partial charge in [-0.1, -0.05) is 35.3 Å². The molecule has 0 amide bonds. The molecule has 0 fully saturated rings. The van der Waals surface area contributed by atoms with E-state index in [0.29, 0.717) is 23.1 Å². The molecule has 0 heterocycles. The van der Waals surface area contributed by atoms with Gasteiger partial charge in [-0.25, -0.2) is 0 Å². The third-order valence-electron chi connectivity index (χ3n) is 2.90. The van der Waals surface area contributed by atoms with Crippen LogP contribution in [-0.4, -0.2) is 14.2 Å². The number of nitrogens with two attached hydrogens (primary N) is 2. The Bertz CT molecular complexity index is 607. The summed E-state index contributed by atoms with van der Waals surface area (Å²) in [5.74, 6) is 1.45. The Kier molecular flexibility index (Phi) is 8.06. The number of hydrogen-bond acceptors (Lipinski definition) is 4. The van der Waals surface area contributed by atoms with Crippen molar-refractivity contribution >= 4 is 23.2 Å². The first-order valence-electron chi connectivity index (χ1n) is 6.60. The fraction of sp³-hybridized carbons (Fsp3) is 0.250. The summed E-state index contributed by atoms with van der Waals surface area (Å²) in [7, 11) is 3.22. The summed E-state index contributed by atoms with van der Waals surface area (Å²) in [6.45, 7) is 1.01. The van der Waals surface area contributed by atoms with Crippen LogP contribution in [0.1, 0.15) is 11.1 Å². The smallest absolute Gasteiger partial charge is 0.161 e. The summed E-state index contributed by atoms with van der Waals surface area (Å²) < 4.78 is 10.2. The Labute approximate surface area is 140 Å². The topological polar surface area (TPSA) is 70.5 Å². The maximum absolute atomic E-state index is 5.71. The van der Waals surface area contributed by atoms with Crippen molar-refractivity contribution in [3.8, 4) is 11.5 Å². The summed E-state index contributed by atoms with van der Waals surface area (Å²) in [6, 6.07) is 11.0. The van der Waals surface area contributed by atoms with Crippen LogP contribution in [0.2, 0.25) is 10.0 Å². The van der Waals surface area contributed by atoms with Crippen LogP contribution in [-0.2, 0) is 13.1 Å². The monoisotopic (exact) mass is 342 g/mol. The highest BCUT2D eigenvalue weighted by molar-refractivity contribution is 6.42. The van der Waals surface area contributed by atoms with Gasteiger partial charge in [-0.2, -0.15) is 0 Å². The number of hydrogen-bond donors (Lipinski definition) is 2. The first-order chi connectivity index (χ1) is 10.5. The maximum Gasteiger partial charge on any atom is 0.161 e. The van der Waals surface area contributed by atoms with Gasteiger partial charge >= 0.3 is 0 Å². The molecule has 0 bridgehead atoms. The van der Waals surface area contributed by atoms with Gasteiger partial charge in [0.05, 0.1) is 24.3 Å². The van der Waals surface area contributed by atoms with E-state index < -0.39 is 0 Å². The van der Waals surface area contributed by atoms with Crippen molar-refractivity contribution in [3.05, 3.63) is 57.6 Å². The molecule has 0 aromatic heterocycles. The molecule has 0 radical (unpaired) electrons. The molecule has 0 aliphatic rings. The van der Waals surface area contributed by atoms with Crippen LogP contribution in [0, 0.1) is 0 Å². The van der Waals surface area contributed by atoms with Crippen molar-refractivity contribution in [2.75, 3.05) is 14.2 Å². The van der Waals surface area contributed by atoms with Gasteiger partial charge in [-0.15, -0.1) is 0 Å². The molecule has 120 valence electrons. The lowest BCUT2D eigenvalue weighted by molar-refractivity contribution is 0.354. The summed E-state index contributed by atoms with van der Waals surface area (Å²) in [6.07, 6.45) is 0. The van der Waals surface area contributed by atoms with Crippen molar-refractivity contribution in [1.82, 2.24) is 0 Å². The molecule has 0 unspecified atom stereocenters. The molecule has 0 aliphatic heterocycles. The van der Waals surface area contributed by atoms with Gasteiger partial charge in [0.1, 0.15) is 0 Å². The molecule has 0 atom stereocenters. The van der Waals surface area contributed by atoms with Gasteiger partial charge in [0.15, 0.2) is 11.5 Å². The maximum atomic E-state index is 5.71. The average molecular weight is 343 g/mol. The van der Waals surface area contributed by atoms with Gasteiger partial charge in [0.2, 0.25) is 0 Å². The van der Waals surface area contributed by atoms with Gasteiger partial charge in [0, 0.05) is 13.1 Å². The second kappa shape index (κ2) is 9.54. The fourth-order valence-corrected chi connectivity index (χ4v) is 1.99. The summed E-state index contributed by atoms with van der Waals surface area (Å²) >= 11 is 11.4. The van der Waals surface area contributed by atoms with Crippen molar-refractivity contribution in [2.45, 2.75) is 13.1 Å². The quantitative estimate of drug-likeness (QED) is 0.890. The number of halogens is 2. The van der Waals surface area contributed by atoms with Crippen LogP contribution in [0.4, 0.5) is 0 Å². The molecule has 2 rings (SSSR count). The van der Waals surface area contributed by atoms with E-state index in [2.05, 4.69) is 0 Å². The van der Waals surface area contributed by atoms with Gasteiger partial charge in [-0.05, 0) is 35.4 Å². The van der Waals surface area contributed by atoms with E-state index in [1.165, 1.54) is 0 Å². The molecule has 2 aromatic rings. The molecular weight excluding hydrogens is 323 g/mol. The fourth-order valence-electron chi connectivity index (χ4n) is 1.67. The minimum Gasteiger partial charge on any atom is -0.493 e. The SMILES string of the molecule is COc1ccc(CN)cc1OC.NCc1ccc(Cl)c(Cl)c1. The molecule has 4 nitrogen and oxygen atoms in total. The Morgan fingerprint density at radius 2 is 1.32 bits per heavy atom. The highest BCUT2D eigenvalue weighted by atomic mass is 35.5. The van der Waals surface area contributed by atoms with Crippen molar-refractivity contribution in [1.29, 1.82) is 0 Å². The highest BCUT2D eigenvalue weighted by Crippen LogP contribution is 2.27.